The van der Waals surface area contributed by atoms with Gasteiger partial charge in [-0.1, -0.05) is 6.07 Å². The lowest BCUT2D eigenvalue weighted by molar-refractivity contribution is 0.285. The maximum absolute atomic E-state index is 12.3. The van der Waals surface area contributed by atoms with Crippen molar-refractivity contribution in [2.45, 2.75) is 37.1 Å². The second-order valence-corrected chi connectivity index (χ2v) is 8.75. The van der Waals surface area contributed by atoms with Gasteiger partial charge in [0.2, 0.25) is 10.0 Å². The molecule has 0 saturated heterocycles. The molecule has 4 nitrogen and oxygen atoms in total. The van der Waals surface area contributed by atoms with E-state index in [-0.39, 0.29) is 16.9 Å². The second kappa shape index (κ2) is 6.36. The minimum Gasteiger partial charge on any atom is -0.391 e. The Morgan fingerprint density at radius 3 is 2.75 bits per heavy atom. The predicted octanol–water partition coefficient (Wildman–Crippen LogP) is 2.52. The first-order valence-corrected chi connectivity index (χ1v) is 9.35. The Hall–Kier alpha value is -0.730. The van der Waals surface area contributed by atoms with E-state index in [1.54, 1.807) is 24.3 Å². The molecule has 0 aromatic carbocycles. The molecule has 1 unspecified atom stereocenters. The van der Waals surface area contributed by atoms with E-state index in [1.807, 2.05) is 24.4 Å². The van der Waals surface area contributed by atoms with Gasteiger partial charge in [0, 0.05) is 15.8 Å². The van der Waals surface area contributed by atoms with Crippen LogP contribution in [-0.2, 0) is 23.1 Å². The Kier molecular flexibility index (Phi) is 4.98. The zero-order valence-corrected chi connectivity index (χ0v) is 13.7. The first-order chi connectivity index (χ1) is 9.42. The third-order valence-corrected chi connectivity index (χ3v) is 7.03. The standard InChI is InChI=1S/C13H17NO3S3/c1-9-6-13(19-12(9)8-15)20(16,17)14-10(2)7-11-4-3-5-18-11/h3-6,10,14-15H,7-8H2,1-2H3. The summed E-state index contributed by atoms with van der Waals surface area (Å²) in [5, 5.41) is 11.1. The van der Waals surface area contributed by atoms with Gasteiger partial charge in [0.05, 0.1) is 6.61 Å². The minimum absolute atomic E-state index is 0.128. The van der Waals surface area contributed by atoms with Crippen molar-refractivity contribution in [3.8, 4) is 0 Å². The van der Waals surface area contributed by atoms with Gasteiger partial charge >= 0.3 is 0 Å². The number of sulfonamides is 1. The SMILES string of the molecule is Cc1cc(S(=O)(=O)NC(C)Cc2cccs2)sc1CO. The maximum atomic E-state index is 12.3. The Balaban J connectivity index is 2.10. The molecule has 0 fully saturated rings. The van der Waals surface area contributed by atoms with Crippen molar-refractivity contribution >= 4 is 32.7 Å². The lowest BCUT2D eigenvalue weighted by atomic mass is 10.2. The van der Waals surface area contributed by atoms with Crippen LogP contribution in [0.5, 0.6) is 0 Å². The average molecular weight is 331 g/mol. The molecule has 2 aromatic rings. The Morgan fingerprint density at radius 1 is 1.45 bits per heavy atom. The van der Waals surface area contributed by atoms with Crippen LogP contribution in [0, 0.1) is 6.92 Å². The molecule has 0 aliphatic carbocycles. The molecule has 0 aliphatic heterocycles. The molecule has 0 saturated carbocycles. The van der Waals surface area contributed by atoms with Gasteiger partial charge in [0.15, 0.2) is 0 Å². The Bertz CT molecular complexity index is 659. The number of hydrogen-bond donors (Lipinski definition) is 2. The quantitative estimate of drug-likeness (QED) is 0.855. The first-order valence-electron chi connectivity index (χ1n) is 6.17. The summed E-state index contributed by atoms with van der Waals surface area (Å²) in [5.41, 5.74) is 0.809. The van der Waals surface area contributed by atoms with Crippen LogP contribution in [0.15, 0.2) is 27.8 Å². The molecule has 7 heteroatoms. The van der Waals surface area contributed by atoms with Crippen LogP contribution in [0.3, 0.4) is 0 Å². The highest BCUT2D eigenvalue weighted by molar-refractivity contribution is 7.91. The molecule has 110 valence electrons. The highest BCUT2D eigenvalue weighted by Crippen LogP contribution is 2.26. The second-order valence-electron chi connectivity index (χ2n) is 4.64. The van der Waals surface area contributed by atoms with Gasteiger partial charge in [-0.3, -0.25) is 0 Å². The summed E-state index contributed by atoms with van der Waals surface area (Å²) in [6.07, 6.45) is 0.675. The summed E-state index contributed by atoms with van der Waals surface area (Å²) in [4.78, 5) is 1.84. The topological polar surface area (TPSA) is 66.4 Å². The molecule has 0 bridgehead atoms. The van der Waals surface area contributed by atoms with Crippen molar-refractivity contribution in [1.82, 2.24) is 4.72 Å². The lowest BCUT2D eigenvalue weighted by Gasteiger charge is -2.12. The number of nitrogens with one attached hydrogen (secondary N) is 1. The molecule has 0 spiro atoms. The smallest absolute Gasteiger partial charge is 0.250 e. The third kappa shape index (κ3) is 3.67. The fourth-order valence-electron chi connectivity index (χ4n) is 1.87. The van der Waals surface area contributed by atoms with Gasteiger partial charge in [0.1, 0.15) is 4.21 Å². The Morgan fingerprint density at radius 2 is 2.20 bits per heavy atom. The van der Waals surface area contributed by atoms with Gasteiger partial charge in [-0.15, -0.1) is 22.7 Å². The molecule has 0 aliphatic rings. The highest BCUT2D eigenvalue weighted by atomic mass is 32.2. The summed E-state index contributed by atoms with van der Waals surface area (Å²) in [7, 11) is -3.51. The molecule has 0 amide bonds. The molecule has 1 atom stereocenters. The van der Waals surface area contributed by atoms with E-state index in [0.29, 0.717) is 11.3 Å². The monoisotopic (exact) mass is 331 g/mol. The van der Waals surface area contributed by atoms with Crippen molar-refractivity contribution < 1.29 is 13.5 Å². The number of rotatable bonds is 6. The third-order valence-electron chi connectivity index (χ3n) is 2.85. The highest BCUT2D eigenvalue weighted by Gasteiger charge is 2.21. The average Bonchev–Trinajstić information content (AvgIpc) is 2.97. The molecule has 2 aromatic heterocycles. The fourth-order valence-corrected chi connectivity index (χ4v) is 5.42. The van der Waals surface area contributed by atoms with Gasteiger partial charge in [-0.05, 0) is 43.3 Å². The van der Waals surface area contributed by atoms with E-state index in [0.717, 1.165) is 21.8 Å². The largest absolute Gasteiger partial charge is 0.391 e. The van der Waals surface area contributed by atoms with E-state index in [4.69, 9.17) is 5.11 Å². The van der Waals surface area contributed by atoms with Crippen molar-refractivity contribution in [2.24, 2.45) is 0 Å². The molecule has 2 heterocycles. The summed E-state index contributed by atoms with van der Waals surface area (Å²) < 4.78 is 27.5. The zero-order valence-electron chi connectivity index (χ0n) is 11.3. The van der Waals surface area contributed by atoms with Crippen LogP contribution in [0.4, 0.5) is 0 Å². The van der Waals surface area contributed by atoms with Crippen LogP contribution in [0.1, 0.15) is 22.2 Å². The van der Waals surface area contributed by atoms with Crippen LogP contribution >= 0.6 is 22.7 Å². The van der Waals surface area contributed by atoms with Crippen molar-refractivity contribution in [3.63, 3.8) is 0 Å². The molecule has 0 radical (unpaired) electrons. The molecular weight excluding hydrogens is 314 g/mol. The zero-order chi connectivity index (χ0) is 14.8. The van der Waals surface area contributed by atoms with Crippen molar-refractivity contribution in [3.05, 3.63) is 38.9 Å². The van der Waals surface area contributed by atoms with E-state index in [1.165, 1.54) is 0 Å². The van der Waals surface area contributed by atoms with E-state index < -0.39 is 10.0 Å². The van der Waals surface area contributed by atoms with Gasteiger partial charge in [-0.25, -0.2) is 13.1 Å². The number of hydrogen-bond acceptors (Lipinski definition) is 5. The summed E-state index contributed by atoms with van der Waals surface area (Å²) in [5.74, 6) is 0. The summed E-state index contributed by atoms with van der Waals surface area (Å²) in [6, 6.07) is 5.39. The molecule has 2 N–H and O–H groups in total. The maximum Gasteiger partial charge on any atom is 0.250 e. The molecule has 2 rings (SSSR count). The van der Waals surface area contributed by atoms with Gasteiger partial charge < -0.3 is 5.11 Å². The van der Waals surface area contributed by atoms with Crippen LogP contribution in [0.25, 0.3) is 0 Å². The first kappa shape index (κ1) is 15.7. The number of aliphatic hydroxyl groups is 1. The normalized spacial score (nSPS) is 13.6. The van der Waals surface area contributed by atoms with Crippen LogP contribution in [0.2, 0.25) is 0 Å². The van der Waals surface area contributed by atoms with E-state index >= 15 is 0 Å². The number of aryl methyl sites for hydroxylation is 1. The Labute approximate surface area is 127 Å². The van der Waals surface area contributed by atoms with Crippen LogP contribution in [-0.4, -0.2) is 19.6 Å². The van der Waals surface area contributed by atoms with Crippen molar-refractivity contribution in [1.29, 1.82) is 0 Å². The van der Waals surface area contributed by atoms with E-state index in [2.05, 4.69) is 4.72 Å². The lowest BCUT2D eigenvalue weighted by Crippen LogP contribution is -2.33. The number of thiophene rings is 2. The van der Waals surface area contributed by atoms with E-state index in [9.17, 15) is 8.42 Å². The molecule has 20 heavy (non-hydrogen) atoms. The summed E-state index contributed by atoms with van der Waals surface area (Å²) >= 11 is 2.74. The van der Waals surface area contributed by atoms with Gasteiger partial charge in [-0.2, -0.15) is 0 Å². The minimum atomic E-state index is -3.51. The predicted molar refractivity (Wildman–Crippen MR) is 82.8 cm³/mol. The molecular formula is C13H17NO3S3. The van der Waals surface area contributed by atoms with Crippen molar-refractivity contribution in [2.75, 3.05) is 0 Å². The van der Waals surface area contributed by atoms with Crippen LogP contribution < -0.4 is 4.72 Å². The summed E-state index contributed by atoms with van der Waals surface area (Å²) in [6.45, 7) is 3.53. The van der Waals surface area contributed by atoms with Gasteiger partial charge in [0.25, 0.3) is 0 Å². The number of aliphatic hydroxyl groups excluding tert-OH is 1. The fraction of sp³-hybridized carbons (Fsp3) is 0.385.